The van der Waals surface area contributed by atoms with E-state index in [0.29, 0.717) is 10.8 Å². The topological polar surface area (TPSA) is 118 Å². The number of hydrogen-bond acceptors (Lipinski definition) is 5. The molecule has 1 aliphatic rings. The van der Waals surface area contributed by atoms with Crippen molar-refractivity contribution in [3.63, 3.8) is 0 Å². The normalized spacial score (nSPS) is 16.2. The zero-order valence-corrected chi connectivity index (χ0v) is 10.7. The van der Waals surface area contributed by atoms with E-state index in [2.05, 4.69) is 0 Å². The number of carboxylic acids is 1. The standard InChI is InChI=1S/C13H7FN2O6/c14-8-4-16(13(21)15-9(8)17)10-7-3-5(11(18)19)1-2-6(7)12(20)22-10/h1-4,10H,(H,18,19)(H,15,17,21). The minimum absolute atomic E-state index is 0.0634. The Kier molecular flexibility index (Phi) is 2.91. The Hall–Kier alpha value is -3.23. The van der Waals surface area contributed by atoms with Gasteiger partial charge in [-0.3, -0.25) is 14.3 Å². The van der Waals surface area contributed by atoms with E-state index in [9.17, 15) is 23.6 Å². The van der Waals surface area contributed by atoms with Crippen LogP contribution in [0.1, 0.15) is 32.5 Å². The summed E-state index contributed by atoms with van der Waals surface area (Å²) in [6.07, 6.45) is -0.748. The Morgan fingerprint density at radius 1 is 1.32 bits per heavy atom. The largest absolute Gasteiger partial charge is 0.478 e. The van der Waals surface area contributed by atoms with Crippen molar-refractivity contribution in [2.24, 2.45) is 0 Å². The first kappa shape index (κ1) is 13.7. The molecule has 0 bridgehead atoms. The monoisotopic (exact) mass is 306 g/mol. The molecule has 0 fully saturated rings. The Labute approximate surface area is 120 Å². The second-order valence-electron chi connectivity index (χ2n) is 4.51. The lowest BCUT2D eigenvalue weighted by Gasteiger charge is -2.13. The van der Waals surface area contributed by atoms with Crippen LogP contribution in [-0.4, -0.2) is 26.6 Å². The van der Waals surface area contributed by atoms with Crippen LogP contribution in [0.25, 0.3) is 0 Å². The summed E-state index contributed by atoms with van der Waals surface area (Å²) < 4.78 is 19.0. The predicted molar refractivity (Wildman–Crippen MR) is 68.2 cm³/mol. The summed E-state index contributed by atoms with van der Waals surface area (Å²) in [6, 6.07) is 3.61. The number of nitrogens with zero attached hydrogens (tertiary/aromatic N) is 1. The van der Waals surface area contributed by atoms with Gasteiger partial charge in [-0.1, -0.05) is 0 Å². The number of esters is 1. The summed E-state index contributed by atoms with van der Waals surface area (Å²) >= 11 is 0. The third-order valence-corrected chi connectivity index (χ3v) is 3.18. The molecule has 1 unspecified atom stereocenters. The second-order valence-corrected chi connectivity index (χ2v) is 4.51. The summed E-state index contributed by atoms with van der Waals surface area (Å²) in [6.45, 7) is 0. The van der Waals surface area contributed by atoms with Gasteiger partial charge >= 0.3 is 17.6 Å². The highest BCUT2D eigenvalue weighted by molar-refractivity contribution is 5.96. The van der Waals surface area contributed by atoms with Crippen LogP contribution in [0.2, 0.25) is 0 Å². The molecule has 0 aliphatic carbocycles. The molecule has 1 aromatic carbocycles. The lowest BCUT2D eigenvalue weighted by molar-refractivity contribution is 0.0307. The number of fused-ring (bicyclic) bond motifs is 1. The highest BCUT2D eigenvalue weighted by Crippen LogP contribution is 2.31. The first-order valence-electron chi connectivity index (χ1n) is 5.97. The number of cyclic esters (lactones) is 1. The molecule has 8 nitrogen and oxygen atoms in total. The number of hydrogen-bond donors (Lipinski definition) is 2. The average Bonchev–Trinajstić information content (AvgIpc) is 2.79. The third-order valence-electron chi connectivity index (χ3n) is 3.18. The Balaban J connectivity index is 2.21. The number of nitrogens with one attached hydrogen (secondary N) is 1. The van der Waals surface area contributed by atoms with Crippen LogP contribution in [0, 0.1) is 5.82 Å². The molecule has 22 heavy (non-hydrogen) atoms. The van der Waals surface area contributed by atoms with Crippen molar-refractivity contribution < 1.29 is 23.8 Å². The predicted octanol–water partition coefficient (Wildman–Crippen LogP) is 0.0912. The van der Waals surface area contributed by atoms with Gasteiger partial charge in [0.25, 0.3) is 5.56 Å². The highest BCUT2D eigenvalue weighted by atomic mass is 19.1. The van der Waals surface area contributed by atoms with Crippen LogP contribution in [0.4, 0.5) is 4.39 Å². The van der Waals surface area contributed by atoms with Crippen molar-refractivity contribution in [2.45, 2.75) is 6.23 Å². The van der Waals surface area contributed by atoms with Crippen molar-refractivity contribution in [1.82, 2.24) is 9.55 Å². The van der Waals surface area contributed by atoms with Gasteiger partial charge in [-0.25, -0.2) is 14.4 Å². The van der Waals surface area contributed by atoms with E-state index in [1.807, 2.05) is 0 Å². The van der Waals surface area contributed by atoms with Crippen molar-refractivity contribution in [3.05, 3.63) is 67.7 Å². The molecule has 1 atom stereocenters. The molecular formula is C13H7FN2O6. The van der Waals surface area contributed by atoms with Gasteiger partial charge in [0, 0.05) is 5.56 Å². The Morgan fingerprint density at radius 2 is 2.05 bits per heavy atom. The fraction of sp³-hybridized carbons (Fsp3) is 0.0769. The summed E-state index contributed by atoms with van der Waals surface area (Å²) in [5, 5.41) is 8.97. The van der Waals surface area contributed by atoms with E-state index >= 15 is 0 Å². The van der Waals surface area contributed by atoms with E-state index in [4.69, 9.17) is 9.84 Å². The van der Waals surface area contributed by atoms with E-state index in [1.165, 1.54) is 12.1 Å². The Bertz CT molecular complexity index is 929. The lowest BCUT2D eigenvalue weighted by atomic mass is 10.0. The summed E-state index contributed by atoms with van der Waals surface area (Å²) in [5.41, 5.74) is -2.16. The van der Waals surface area contributed by atoms with Crippen LogP contribution >= 0.6 is 0 Å². The van der Waals surface area contributed by atoms with Crippen molar-refractivity contribution in [1.29, 1.82) is 0 Å². The third kappa shape index (κ3) is 1.99. The number of carbonyl (C=O) groups is 2. The number of carboxylic acid groups (broad SMARTS) is 1. The van der Waals surface area contributed by atoms with Gasteiger partial charge in [0.1, 0.15) is 0 Å². The molecule has 0 saturated heterocycles. The molecule has 9 heteroatoms. The van der Waals surface area contributed by atoms with Crippen LogP contribution in [0.15, 0.2) is 34.0 Å². The van der Waals surface area contributed by atoms with Gasteiger partial charge in [0.2, 0.25) is 12.0 Å². The second kappa shape index (κ2) is 4.65. The first-order valence-corrected chi connectivity index (χ1v) is 5.97. The van der Waals surface area contributed by atoms with Gasteiger partial charge in [-0.15, -0.1) is 0 Å². The molecule has 2 aromatic rings. The van der Waals surface area contributed by atoms with E-state index in [-0.39, 0.29) is 16.7 Å². The number of aromatic carboxylic acids is 1. The maximum absolute atomic E-state index is 13.4. The molecule has 112 valence electrons. The van der Waals surface area contributed by atoms with Gasteiger partial charge < -0.3 is 9.84 Å². The molecule has 0 amide bonds. The average molecular weight is 306 g/mol. The minimum atomic E-state index is -1.35. The number of halogens is 1. The maximum Gasteiger partial charge on any atom is 0.340 e. The smallest absolute Gasteiger partial charge is 0.340 e. The molecule has 1 aromatic heterocycles. The number of ether oxygens (including phenoxy) is 1. The van der Waals surface area contributed by atoms with Gasteiger partial charge in [-0.2, -0.15) is 4.39 Å². The zero-order valence-electron chi connectivity index (χ0n) is 10.7. The molecule has 3 rings (SSSR count). The van der Waals surface area contributed by atoms with Gasteiger partial charge in [-0.05, 0) is 18.2 Å². The number of benzene rings is 1. The molecule has 2 N–H and O–H groups in total. The number of aromatic nitrogens is 2. The summed E-state index contributed by atoms with van der Waals surface area (Å²) in [5.74, 6) is -3.25. The molecule has 0 radical (unpaired) electrons. The van der Waals surface area contributed by atoms with Gasteiger partial charge in [0.15, 0.2) is 0 Å². The fourth-order valence-electron chi connectivity index (χ4n) is 2.16. The number of carbonyl (C=O) groups excluding carboxylic acids is 1. The zero-order chi connectivity index (χ0) is 16.0. The number of H-pyrrole nitrogens is 1. The van der Waals surface area contributed by atoms with Crippen molar-refractivity contribution in [3.8, 4) is 0 Å². The number of aromatic amines is 1. The van der Waals surface area contributed by atoms with Crippen molar-refractivity contribution >= 4 is 11.9 Å². The van der Waals surface area contributed by atoms with Crippen molar-refractivity contribution in [2.75, 3.05) is 0 Å². The Morgan fingerprint density at radius 3 is 2.73 bits per heavy atom. The van der Waals surface area contributed by atoms with E-state index < -0.39 is 35.2 Å². The minimum Gasteiger partial charge on any atom is -0.478 e. The van der Waals surface area contributed by atoms with E-state index in [1.54, 1.807) is 4.98 Å². The highest BCUT2D eigenvalue weighted by Gasteiger charge is 2.34. The molecule has 0 saturated carbocycles. The molecule has 0 spiro atoms. The lowest BCUT2D eigenvalue weighted by Crippen LogP contribution is -2.34. The van der Waals surface area contributed by atoms with Crippen LogP contribution < -0.4 is 11.2 Å². The first-order chi connectivity index (χ1) is 10.4. The van der Waals surface area contributed by atoms with Crippen LogP contribution in [-0.2, 0) is 4.74 Å². The number of rotatable bonds is 2. The molecular weight excluding hydrogens is 299 g/mol. The molecule has 1 aliphatic heterocycles. The quantitative estimate of drug-likeness (QED) is 0.759. The van der Waals surface area contributed by atoms with Gasteiger partial charge in [0.05, 0.1) is 17.3 Å². The SMILES string of the molecule is O=C(O)c1ccc2c(c1)C(n1cc(F)c(=O)[nH]c1=O)OC2=O. The summed E-state index contributed by atoms with van der Waals surface area (Å²) in [7, 11) is 0. The maximum atomic E-state index is 13.4. The van der Waals surface area contributed by atoms with Crippen LogP contribution in [0.3, 0.4) is 0 Å². The summed E-state index contributed by atoms with van der Waals surface area (Å²) in [4.78, 5) is 47.2. The fourth-order valence-corrected chi connectivity index (χ4v) is 2.16. The van der Waals surface area contributed by atoms with E-state index in [0.717, 1.165) is 6.07 Å². The molecule has 2 heterocycles. The van der Waals surface area contributed by atoms with Crippen LogP contribution in [0.5, 0.6) is 0 Å².